The zero-order valence-corrected chi connectivity index (χ0v) is 13.5. The van der Waals surface area contributed by atoms with Crippen LogP contribution in [0.2, 0.25) is 0 Å². The van der Waals surface area contributed by atoms with Crippen LogP contribution in [-0.2, 0) is 6.42 Å². The minimum Gasteiger partial charge on any atom is -0.497 e. The highest BCUT2D eigenvalue weighted by Gasteiger charge is 2.15. The van der Waals surface area contributed by atoms with Crippen LogP contribution >= 0.6 is 15.9 Å². The van der Waals surface area contributed by atoms with Crippen molar-refractivity contribution in [3.8, 4) is 11.5 Å². The topological polar surface area (TPSA) is 44.5 Å². The van der Waals surface area contributed by atoms with Gasteiger partial charge in [-0.25, -0.2) is 4.39 Å². The van der Waals surface area contributed by atoms with Crippen LogP contribution in [0.3, 0.4) is 0 Å². The van der Waals surface area contributed by atoms with Gasteiger partial charge < -0.3 is 15.2 Å². The summed E-state index contributed by atoms with van der Waals surface area (Å²) in [5.41, 5.74) is 7.91. The Balaban J connectivity index is 2.31. The Morgan fingerprint density at radius 1 is 1.14 bits per heavy atom. The smallest absolute Gasteiger partial charge is 0.123 e. The maximum atomic E-state index is 13.4. The van der Waals surface area contributed by atoms with E-state index in [1.165, 1.54) is 12.1 Å². The van der Waals surface area contributed by atoms with Gasteiger partial charge in [-0.2, -0.15) is 0 Å². The van der Waals surface area contributed by atoms with E-state index >= 15 is 0 Å². The third-order valence-electron chi connectivity index (χ3n) is 3.28. The van der Waals surface area contributed by atoms with Gasteiger partial charge in [-0.05, 0) is 48.4 Å². The number of nitrogens with two attached hydrogens (primary N) is 1. The van der Waals surface area contributed by atoms with Crippen molar-refractivity contribution < 1.29 is 13.9 Å². The second kappa shape index (κ2) is 6.91. The average molecular weight is 354 g/mol. The summed E-state index contributed by atoms with van der Waals surface area (Å²) in [7, 11) is 3.19. The molecule has 2 N–H and O–H groups in total. The fourth-order valence-electron chi connectivity index (χ4n) is 2.18. The molecule has 1 atom stereocenters. The molecule has 0 fully saturated rings. The summed E-state index contributed by atoms with van der Waals surface area (Å²) in [5.74, 6) is 1.12. The molecule has 0 amide bonds. The van der Waals surface area contributed by atoms with Crippen molar-refractivity contribution in [2.45, 2.75) is 12.5 Å². The SMILES string of the molecule is COc1ccc(OC)c(C(N)Cc2cc(F)ccc2Br)c1. The second-order valence-electron chi connectivity index (χ2n) is 4.65. The first-order chi connectivity index (χ1) is 10.0. The fraction of sp³-hybridized carbons (Fsp3) is 0.250. The van der Waals surface area contributed by atoms with E-state index < -0.39 is 0 Å². The van der Waals surface area contributed by atoms with E-state index in [2.05, 4.69) is 15.9 Å². The van der Waals surface area contributed by atoms with Gasteiger partial charge in [0.25, 0.3) is 0 Å². The Kier molecular flexibility index (Phi) is 5.20. The highest BCUT2D eigenvalue weighted by Crippen LogP contribution is 2.31. The zero-order valence-electron chi connectivity index (χ0n) is 11.9. The van der Waals surface area contributed by atoms with Gasteiger partial charge in [0.15, 0.2) is 0 Å². The Hall–Kier alpha value is -1.59. The Morgan fingerprint density at radius 2 is 1.90 bits per heavy atom. The number of rotatable bonds is 5. The van der Waals surface area contributed by atoms with Crippen LogP contribution in [0.25, 0.3) is 0 Å². The molecular weight excluding hydrogens is 337 g/mol. The first-order valence-corrected chi connectivity index (χ1v) is 7.26. The summed E-state index contributed by atoms with van der Waals surface area (Å²) in [6.45, 7) is 0. The normalized spacial score (nSPS) is 12.0. The molecule has 0 radical (unpaired) electrons. The third-order valence-corrected chi connectivity index (χ3v) is 4.06. The van der Waals surface area contributed by atoms with Crippen LogP contribution in [0.1, 0.15) is 17.2 Å². The van der Waals surface area contributed by atoms with Gasteiger partial charge >= 0.3 is 0 Å². The van der Waals surface area contributed by atoms with Crippen LogP contribution in [0.15, 0.2) is 40.9 Å². The van der Waals surface area contributed by atoms with Crippen LogP contribution < -0.4 is 15.2 Å². The molecule has 0 saturated heterocycles. The molecule has 5 heteroatoms. The van der Waals surface area contributed by atoms with Crippen molar-refractivity contribution >= 4 is 15.9 Å². The van der Waals surface area contributed by atoms with Crippen LogP contribution in [0.4, 0.5) is 4.39 Å². The van der Waals surface area contributed by atoms with E-state index in [9.17, 15) is 4.39 Å². The lowest BCUT2D eigenvalue weighted by Gasteiger charge is -2.17. The molecule has 0 aromatic heterocycles. The molecule has 112 valence electrons. The van der Waals surface area contributed by atoms with Crippen LogP contribution in [-0.4, -0.2) is 14.2 Å². The minimum atomic E-state index is -0.326. The highest BCUT2D eigenvalue weighted by molar-refractivity contribution is 9.10. The molecule has 0 bridgehead atoms. The highest BCUT2D eigenvalue weighted by atomic mass is 79.9. The van der Waals surface area contributed by atoms with Crippen molar-refractivity contribution in [3.05, 3.63) is 57.8 Å². The largest absolute Gasteiger partial charge is 0.497 e. The number of halogens is 2. The quantitative estimate of drug-likeness (QED) is 0.887. The molecule has 0 spiro atoms. The molecule has 0 heterocycles. The molecule has 0 aliphatic carbocycles. The molecule has 0 saturated carbocycles. The van der Waals surface area contributed by atoms with E-state index in [1.807, 2.05) is 18.2 Å². The second-order valence-corrected chi connectivity index (χ2v) is 5.51. The first kappa shape index (κ1) is 15.8. The first-order valence-electron chi connectivity index (χ1n) is 6.46. The van der Waals surface area contributed by atoms with Gasteiger partial charge in [-0.15, -0.1) is 0 Å². The van der Waals surface area contributed by atoms with Gasteiger partial charge in [0.1, 0.15) is 17.3 Å². The summed E-state index contributed by atoms with van der Waals surface area (Å²) in [6.07, 6.45) is 0.488. The summed E-state index contributed by atoms with van der Waals surface area (Å²) in [6, 6.07) is 9.72. The van der Waals surface area contributed by atoms with Gasteiger partial charge in [0.05, 0.1) is 14.2 Å². The van der Waals surface area contributed by atoms with Gasteiger partial charge in [0.2, 0.25) is 0 Å². The van der Waals surface area contributed by atoms with Gasteiger partial charge in [-0.1, -0.05) is 15.9 Å². The third kappa shape index (κ3) is 3.74. The average Bonchev–Trinajstić information content (AvgIpc) is 2.50. The van der Waals surface area contributed by atoms with Crippen LogP contribution in [0, 0.1) is 5.82 Å². The molecule has 2 rings (SSSR count). The lowest BCUT2D eigenvalue weighted by molar-refractivity contribution is 0.395. The fourth-order valence-corrected chi connectivity index (χ4v) is 2.58. The summed E-state index contributed by atoms with van der Waals surface area (Å²) < 4.78 is 24.7. The van der Waals surface area contributed by atoms with Crippen LogP contribution in [0.5, 0.6) is 11.5 Å². The lowest BCUT2D eigenvalue weighted by atomic mass is 9.98. The number of hydrogen-bond donors (Lipinski definition) is 1. The van der Waals surface area contributed by atoms with Crippen molar-refractivity contribution in [2.24, 2.45) is 5.73 Å². The maximum absolute atomic E-state index is 13.4. The predicted octanol–water partition coefficient (Wildman–Crippen LogP) is 3.85. The standard InChI is InChI=1S/C16H17BrFNO2/c1-20-12-4-6-16(21-2)13(9-12)15(19)8-10-7-11(18)3-5-14(10)17/h3-7,9,15H,8,19H2,1-2H3. The van der Waals surface area contributed by atoms with Crippen molar-refractivity contribution in [1.29, 1.82) is 0 Å². The Bertz CT molecular complexity index is 634. The van der Waals surface area contributed by atoms with Crippen molar-refractivity contribution in [3.63, 3.8) is 0 Å². The predicted molar refractivity (Wildman–Crippen MR) is 84.3 cm³/mol. The molecular formula is C16H17BrFNO2. The molecule has 2 aromatic rings. The lowest BCUT2D eigenvalue weighted by Crippen LogP contribution is -2.15. The molecule has 0 aliphatic heterocycles. The Labute approximate surface area is 132 Å². The molecule has 1 unspecified atom stereocenters. The monoisotopic (exact) mass is 353 g/mol. The number of ether oxygens (including phenoxy) is 2. The molecule has 3 nitrogen and oxygen atoms in total. The van der Waals surface area contributed by atoms with E-state index in [0.717, 1.165) is 15.6 Å². The van der Waals surface area contributed by atoms with Gasteiger partial charge in [0, 0.05) is 16.1 Å². The summed E-state index contributed by atoms with van der Waals surface area (Å²) in [5, 5.41) is 0. The summed E-state index contributed by atoms with van der Waals surface area (Å²) >= 11 is 3.42. The zero-order chi connectivity index (χ0) is 15.4. The maximum Gasteiger partial charge on any atom is 0.123 e. The van der Waals surface area contributed by atoms with E-state index in [-0.39, 0.29) is 11.9 Å². The van der Waals surface area contributed by atoms with Gasteiger partial charge in [-0.3, -0.25) is 0 Å². The Morgan fingerprint density at radius 3 is 2.57 bits per heavy atom. The molecule has 21 heavy (non-hydrogen) atoms. The summed E-state index contributed by atoms with van der Waals surface area (Å²) in [4.78, 5) is 0. The van der Waals surface area contributed by atoms with Crippen molar-refractivity contribution in [2.75, 3.05) is 14.2 Å². The number of hydrogen-bond acceptors (Lipinski definition) is 3. The van der Waals surface area contributed by atoms with E-state index in [0.29, 0.717) is 17.9 Å². The number of methoxy groups -OCH3 is 2. The van der Waals surface area contributed by atoms with E-state index in [4.69, 9.17) is 15.2 Å². The molecule has 0 aliphatic rings. The minimum absolute atomic E-state index is 0.280. The number of benzene rings is 2. The van der Waals surface area contributed by atoms with Crippen molar-refractivity contribution in [1.82, 2.24) is 0 Å². The van der Waals surface area contributed by atoms with E-state index in [1.54, 1.807) is 20.3 Å². The molecule has 2 aromatic carbocycles.